The molecule has 5 heteroatoms. The van der Waals surface area contributed by atoms with E-state index in [1.807, 2.05) is 11.7 Å². The zero-order valence-corrected chi connectivity index (χ0v) is 11.8. The molecule has 2 unspecified atom stereocenters. The van der Waals surface area contributed by atoms with Gasteiger partial charge in [-0.05, 0) is 33.7 Å². The Bertz CT molecular complexity index is 340. The minimum Gasteiger partial charge on any atom is -0.382 e. The lowest BCUT2D eigenvalue weighted by atomic mass is 10.1. The Morgan fingerprint density at radius 1 is 1.53 bits per heavy atom. The number of nitrogens with one attached hydrogen (secondary N) is 1. The van der Waals surface area contributed by atoms with Crippen LogP contribution >= 0.6 is 11.6 Å². The van der Waals surface area contributed by atoms with Crippen LogP contribution < -0.4 is 5.32 Å². The molecule has 2 atom stereocenters. The van der Waals surface area contributed by atoms with Crippen LogP contribution in [0.1, 0.15) is 38.4 Å². The highest BCUT2D eigenvalue weighted by Gasteiger charge is 2.19. The van der Waals surface area contributed by atoms with Crippen molar-refractivity contribution in [2.75, 3.05) is 14.2 Å². The average molecular weight is 260 g/mol. The van der Waals surface area contributed by atoms with Crippen molar-refractivity contribution >= 4 is 11.6 Å². The molecule has 0 saturated carbocycles. The van der Waals surface area contributed by atoms with E-state index in [4.69, 9.17) is 16.3 Å². The molecule has 1 aromatic rings. The molecule has 0 saturated heterocycles. The number of hydrogen-bond donors (Lipinski definition) is 1. The second-order valence-electron chi connectivity index (χ2n) is 4.16. The maximum atomic E-state index is 6.19. The van der Waals surface area contributed by atoms with Gasteiger partial charge in [-0.2, -0.15) is 5.10 Å². The monoisotopic (exact) mass is 259 g/mol. The van der Waals surface area contributed by atoms with Crippen molar-refractivity contribution < 1.29 is 4.74 Å². The molecule has 17 heavy (non-hydrogen) atoms. The minimum absolute atomic E-state index is 0.225. The van der Waals surface area contributed by atoms with Gasteiger partial charge in [0.25, 0.3) is 0 Å². The van der Waals surface area contributed by atoms with Crippen molar-refractivity contribution in [2.45, 2.75) is 45.4 Å². The molecule has 1 heterocycles. The standard InChI is InChI=1S/C12H22ClN3O/c1-5-16-12(10(13)8-15-16)11(14-3)7-6-9(2)17-4/h8-9,11,14H,5-7H2,1-4H3. The van der Waals surface area contributed by atoms with Gasteiger partial charge in [-0.3, -0.25) is 4.68 Å². The highest BCUT2D eigenvalue weighted by Crippen LogP contribution is 2.26. The van der Waals surface area contributed by atoms with Crippen LogP contribution in [0, 0.1) is 0 Å². The Morgan fingerprint density at radius 3 is 2.76 bits per heavy atom. The summed E-state index contributed by atoms with van der Waals surface area (Å²) in [5.41, 5.74) is 1.07. The van der Waals surface area contributed by atoms with E-state index in [2.05, 4.69) is 24.3 Å². The Kier molecular flexibility index (Phi) is 5.95. The van der Waals surface area contributed by atoms with Crippen molar-refractivity contribution in [3.63, 3.8) is 0 Å². The number of aryl methyl sites for hydroxylation is 1. The second kappa shape index (κ2) is 6.99. The van der Waals surface area contributed by atoms with Crippen molar-refractivity contribution in [3.8, 4) is 0 Å². The summed E-state index contributed by atoms with van der Waals surface area (Å²) >= 11 is 6.19. The van der Waals surface area contributed by atoms with E-state index in [-0.39, 0.29) is 12.1 Å². The zero-order valence-electron chi connectivity index (χ0n) is 11.0. The topological polar surface area (TPSA) is 39.1 Å². The molecule has 0 fully saturated rings. The number of rotatable bonds is 7. The average Bonchev–Trinajstić information content (AvgIpc) is 2.71. The van der Waals surface area contributed by atoms with Gasteiger partial charge in [0.2, 0.25) is 0 Å². The lowest BCUT2D eigenvalue weighted by Crippen LogP contribution is -2.22. The Labute approximate surface area is 108 Å². The molecule has 0 aliphatic rings. The first-order chi connectivity index (χ1) is 8.13. The van der Waals surface area contributed by atoms with E-state index in [0.29, 0.717) is 0 Å². The molecule has 1 N–H and O–H groups in total. The Hall–Kier alpha value is -0.580. The lowest BCUT2D eigenvalue weighted by Gasteiger charge is -2.19. The van der Waals surface area contributed by atoms with Crippen molar-refractivity contribution in [2.24, 2.45) is 0 Å². The van der Waals surface area contributed by atoms with Gasteiger partial charge in [-0.15, -0.1) is 0 Å². The van der Waals surface area contributed by atoms with Crippen LogP contribution in [0.2, 0.25) is 5.02 Å². The second-order valence-corrected chi connectivity index (χ2v) is 4.57. The van der Waals surface area contributed by atoms with Crippen molar-refractivity contribution in [1.82, 2.24) is 15.1 Å². The SMILES string of the molecule is CCn1ncc(Cl)c1C(CCC(C)OC)NC. The minimum atomic E-state index is 0.225. The van der Waals surface area contributed by atoms with Gasteiger partial charge < -0.3 is 10.1 Å². The van der Waals surface area contributed by atoms with Gasteiger partial charge in [-0.25, -0.2) is 0 Å². The quantitative estimate of drug-likeness (QED) is 0.818. The molecule has 98 valence electrons. The van der Waals surface area contributed by atoms with E-state index >= 15 is 0 Å². The first-order valence-corrected chi connectivity index (χ1v) is 6.43. The zero-order chi connectivity index (χ0) is 12.8. The lowest BCUT2D eigenvalue weighted by molar-refractivity contribution is 0.106. The molecule has 0 spiro atoms. The summed E-state index contributed by atoms with van der Waals surface area (Å²) in [5, 5.41) is 8.30. The highest BCUT2D eigenvalue weighted by molar-refractivity contribution is 6.31. The Balaban J connectivity index is 2.75. The molecular weight excluding hydrogens is 238 g/mol. The van der Waals surface area contributed by atoms with Crippen LogP contribution in [0.4, 0.5) is 0 Å². The number of halogens is 1. The summed E-state index contributed by atoms with van der Waals surface area (Å²) in [6.07, 6.45) is 3.96. The first kappa shape index (κ1) is 14.5. The molecule has 1 aromatic heterocycles. The maximum Gasteiger partial charge on any atom is 0.0834 e. The largest absolute Gasteiger partial charge is 0.382 e. The summed E-state index contributed by atoms with van der Waals surface area (Å²) in [7, 11) is 3.69. The fraction of sp³-hybridized carbons (Fsp3) is 0.750. The van der Waals surface area contributed by atoms with Gasteiger partial charge in [0.1, 0.15) is 0 Å². The van der Waals surface area contributed by atoms with Gasteiger partial charge >= 0.3 is 0 Å². The van der Waals surface area contributed by atoms with E-state index in [1.54, 1.807) is 13.3 Å². The van der Waals surface area contributed by atoms with Crippen LogP contribution in [-0.2, 0) is 11.3 Å². The van der Waals surface area contributed by atoms with E-state index in [1.165, 1.54) is 0 Å². The third kappa shape index (κ3) is 3.69. The van der Waals surface area contributed by atoms with E-state index in [9.17, 15) is 0 Å². The molecule has 1 rings (SSSR count). The van der Waals surface area contributed by atoms with E-state index < -0.39 is 0 Å². The predicted molar refractivity (Wildman–Crippen MR) is 70.4 cm³/mol. The smallest absolute Gasteiger partial charge is 0.0834 e. The molecular formula is C12H22ClN3O. The van der Waals surface area contributed by atoms with Crippen LogP contribution in [0.25, 0.3) is 0 Å². The molecule has 0 radical (unpaired) electrons. The van der Waals surface area contributed by atoms with Crippen molar-refractivity contribution in [3.05, 3.63) is 16.9 Å². The third-order valence-electron chi connectivity index (χ3n) is 3.08. The fourth-order valence-electron chi connectivity index (χ4n) is 1.91. The number of aromatic nitrogens is 2. The normalized spacial score (nSPS) is 14.9. The van der Waals surface area contributed by atoms with Gasteiger partial charge in [0, 0.05) is 13.7 Å². The summed E-state index contributed by atoms with van der Waals surface area (Å²) < 4.78 is 7.21. The number of ether oxygens (including phenoxy) is 1. The molecule has 4 nitrogen and oxygen atoms in total. The Morgan fingerprint density at radius 2 is 2.24 bits per heavy atom. The van der Waals surface area contributed by atoms with Crippen LogP contribution in [0.15, 0.2) is 6.20 Å². The summed E-state index contributed by atoms with van der Waals surface area (Å²) in [6.45, 7) is 4.98. The van der Waals surface area contributed by atoms with Gasteiger partial charge in [-0.1, -0.05) is 11.6 Å². The number of hydrogen-bond acceptors (Lipinski definition) is 3. The van der Waals surface area contributed by atoms with Crippen LogP contribution in [0.3, 0.4) is 0 Å². The van der Waals surface area contributed by atoms with Crippen LogP contribution in [0.5, 0.6) is 0 Å². The molecule has 0 aromatic carbocycles. The number of methoxy groups -OCH3 is 1. The van der Waals surface area contributed by atoms with Gasteiger partial charge in [0.15, 0.2) is 0 Å². The summed E-state index contributed by atoms with van der Waals surface area (Å²) in [4.78, 5) is 0. The maximum absolute atomic E-state index is 6.19. The predicted octanol–water partition coefficient (Wildman–Crippen LogP) is 2.63. The molecule has 0 aliphatic carbocycles. The van der Waals surface area contributed by atoms with Crippen molar-refractivity contribution in [1.29, 1.82) is 0 Å². The molecule has 0 amide bonds. The fourth-order valence-corrected chi connectivity index (χ4v) is 2.18. The number of nitrogens with zero attached hydrogens (tertiary/aromatic N) is 2. The van der Waals surface area contributed by atoms with Crippen LogP contribution in [-0.4, -0.2) is 30.0 Å². The summed E-state index contributed by atoms with van der Waals surface area (Å²) in [5.74, 6) is 0. The molecule has 0 aliphatic heterocycles. The summed E-state index contributed by atoms with van der Waals surface area (Å²) in [6, 6.07) is 0.225. The van der Waals surface area contributed by atoms with E-state index in [0.717, 1.165) is 30.1 Å². The first-order valence-electron chi connectivity index (χ1n) is 6.05. The molecule has 0 bridgehead atoms. The highest BCUT2D eigenvalue weighted by atomic mass is 35.5. The van der Waals surface area contributed by atoms with Gasteiger partial charge in [0.05, 0.1) is 29.1 Å². The third-order valence-corrected chi connectivity index (χ3v) is 3.37.